The first-order chi connectivity index (χ1) is 7.09. The highest BCUT2D eigenvalue weighted by molar-refractivity contribution is 5.96. The van der Waals surface area contributed by atoms with Crippen LogP contribution >= 0.6 is 12.4 Å². The number of aliphatic imine (C=N–C) groups is 2. The van der Waals surface area contributed by atoms with Gasteiger partial charge in [-0.1, -0.05) is 0 Å². The van der Waals surface area contributed by atoms with E-state index in [2.05, 4.69) is 33.8 Å². The summed E-state index contributed by atoms with van der Waals surface area (Å²) in [6, 6.07) is 0. The molecule has 0 aliphatic carbocycles. The summed E-state index contributed by atoms with van der Waals surface area (Å²) in [4.78, 5) is 15.6. The van der Waals surface area contributed by atoms with Crippen molar-refractivity contribution in [3.63, 3.8) is 0 Å². The minimum Gasteiger partial charge on any atom is -0.347 e. The number of halogens is 1. The van der Waals surface area contributed by atoms with Crippen LogP contribution in [0.1, 0.15) is 13.3 Å². The molecule has 0 saturated carbocycles. The molecule has 6 heteroatoms. The van der Waals surface area contributed by atoms with Gasteiger partial charge in [-0.2, -0.15) is 4.99 Å². The summed E-state index contributed by atoms with van der Waals surface area (Å²) >= 11 is 0. The van der Waals surface area contributed by atoms with Crippen molar-refractivity contribution >= 4 is 24.3 Å². The SMILES string of the molecule is CC1N=C(N(C)C)N=C2N(C)CCCN21.Cl. The Morgan fingerprint density at radius 2 is 2.00 bits per heavy atom. The van der Waals surface area contributed by atoms with Crippen LogP contribution in [0.5, 0.6) is 0 Å². The molecule has 0 N–H and O–H groups in total. The molecule has 16 heavy (non-hydrogen) atoms. The molecular weight excluding hydrogens is 226 g/mol. The van der Waals surface area contributed by atoms with Crippen molar-refractivity contribution in [1.29, 1.82) is 0 Å². The summed E-state index contributed by atoms with van der Waals surface area (Å²) in [6.45, 7) is 4.27. The van der Waals surface area contributed by atoms with Gasteiger partial charge in [-0.3, -0.25) is 0 Å². The lowest BCUT2D eigenvalue weighted by atomic mass is 10.2. The zero-order chi connectivity index (χ0) is 11.0. The zero-order valence-corrected chi connectivity index (χ0v) is 11.2. The van der Waals surface area contributed by atoms with Gasteiger partial charge in [0.2, 0.25) is 11.9 Å². The summed E-state index contributed by atoms with van der Waals surface area (Å²) in [6.07, 6.45) is 1.39. The lowest BCUT2D eigenvalue weighted by Crippen LogP contribution is -2.54. The molecular formula is C10H20ClN5. The molecule has 0 aromatic heterocycles. The Labute approximate surface area is 103 Å². The van der Waals surface area contributed by atoms with Crippen LogP contribution in [0.25, 0.3) is 0 Å². The van der Waals surface area contributed by atoms with E-state index in [0.29, 0.717) is 0 Å². The van der Waals surface area contributed by atoms with E-state index in [1.807, 2.05) is 19.0 Å². The van der Waals surface area contributed by atoms with Crippen molar-refractivity contribution in [3.8, 4) is 0 Å². The molecule has 2 heterocycles. The molecule has 5 nitrogen and oxygen atoms in total. The molecule has 2 aliphatic rings. The van der Waals surface area contributed by atoms with Crippen molar-refractivity contribution in [2.75, 3.05) is 34.2 Å². The van der Waals surface area contributed by atoms with Gasteiger partial charge in [0.05, 0.1) is 0 Å². The van der Waals surface area contributed by atoms with Crippen molar-refractivity contribution in [3.05, 3.63) is 0 Å². The maximum Gasteiger partial charge on any atom is 0.225 e. The minimum atomic E-state index is 0. The van der Waals surface area contributed by atoms with Gasteiger partial charge >= 0.3 is 0 Å². The number of hydrogen-bond acceptors (Lipinski definition) is 5. The maximum atomic E-state index is 4.58. The number of nitrogens with zero attached hydrogens (tertiary/aromatic N) is 5. The van der Waals surface area contributed by atoms with E-state index < -0.39 is 0 Å². The van der Waals surface area contributed by atoms with Gasteiger partial charge in [0.15, 0.2) is 0 Å². The van der Waals surface area contributed by atoms with Crippen LogP contribution in [0.4, 0.5) is 0 Å². The van der Waals surface area contributed by atoms with Crippen LogP contribution in [0.2, 0.25) is 0 Å². The summed E-state index contributed by atoms with van der Waals surface area (Å²) in [5.74, 6) is 1.88. The van der Waals surface area contributed by atoms with Gasteiger partial charge in [0.1, 0.15) is 6.17 Å². The fourth-order valence-corrected chi connectivity index (χ4v) is 1.97. The van der Waals surface area contributed by atoms with Crippen LogP contribution in [0.15, 0.2) is 9.98 Å². The number of rotatable bonds is 0. The monoisotopic (exact) mass is 245 g/mol. The first kappa shape index (κ1) is 13.1. The molecule has 0 spiro atoms. The topological polar surface area (TPSA) is 34.4 Å². The highest BCUT2D eigenvalue weighted by atomic mass is 35.5. The van der Waals surface area contributed by atoms with Crippen molar-refractivity contribution in [2.45, 2.75) is 19.5 Å². The van der Waals surface area contributed by atoms with Crippen molar-refractivity contribution in [2.24, 2.45) is 9.98 Å². The third-order valence-corrected chi connectivity index (χ3v) is 2.84. The normalized spacial score (nSPS) is 24.1. The van der Waals surface area contributed by atoms with E-state index in [1.165, 1.54) is 6.42 Å². The van der Waals surface area contributed by atoms with E-state index in [9.17, 15) is 0 Å². The molecule has 0 radical (unpaired) electrons. The standard InChI is InChI=1S/C10H19N5.ClH/c1-8-11-9(13(2)3)12-10-14(4)6-5-7-15(8)10;/h8H,5-7H2,1-4H3;1H. The maximum absolute atomic E-state index is 4.58. The lowest BCUT2D eigenvalue weighted by Gasteiger charge is -2.41. The average molecular weight is 246 g/mol. The summed E-state index contributed by atoms with van der Waals surface area (Å²) in [5, 5.41) is 0. The van der Waals surface area contributed by atoms with Gasteiger partial charge in [-0.15, -0.1) is 12.4 Å². The van der Waals surface area contributed by atoms with Crippen LogP contribution in [0.3, 0.4) is 0 Å². The fraction of sp³-hybridized carbons (Fsp3) is 0.800. The number of hydrogen-bond donors (Lipinski definition) is 0. The summed E-state index contributed by atoms with van der Waals surface area (Å²) in [7, 11) is 6.05. The van der Waals surface area contributed by atoms with E-state index >= 15 is 0 Å². The van der Waals surface area contributed by atoms with Gasteiger partial charge < -0.3 is 14.7 Å². The second-order valence-corrected chi connectivity index (χ2v) is 4.34. The molecule has 0 amide bonds. The fourth-order valence-electron chi connectivity index (χ4n) is 1.97. The molecule has 92 valence electrons. The zero-order valence-electron chi connectivity index (χ0n) is 10.3. The lowest BCUT2D eigenvalue weighted by molar-refractivity contribution is 0.235. The molecule has 1 atom stereocenters. The Balaban J connectivity index is 0.00000128. The Morgan fingerprint density at radius 3 is 2.62 bits per heavy atom. The Hall–Kier alpha value is -0.970. The van der Waals surface area contributed by atoms with E-state index in [4.69, 9.17) is 0 Å². The molecule has 1 saturated heterocycles. The minimum absolute atomic E-state index is 0. The number of fused-ring (bicyclic) bond motifs is 1. The predicted octanol–water partition coefficient (Wildman–Crippen LogP) is 0.679. The van der Waals surface area contributed by atoms with Crippen LogP contribution in [-0.4, -0.2) is 67.0 Å². The first-order valence-corrected chi connectivity index (χ1v) is 5.41. The van der Waals surface area contributed by atoms with Gasteiger partial charge in [-0.25, -0.2) is 4.99 Å². The van der Waals surface area contributed by atoms with Crippen molar-refractivity contribution < 1.29 is 0 Å². The molecule has 1 unspecified atom stereocenters. The molecule has 2 aliphatic heterocycles. The van der Waals surface area contributed by atoms with Crippen LogP contribution in [-0.2, 0) is 0 Å². The Morgan fingerprint density at radius 1 is 1.31 bits per heavy atom. The number of guanidine groups is 2. The predicted molar refractivity (Wildman–Crippen MR) is 69.2 cm³/mol. The highest BCUT2D eigenvalue weighted by Crippen LogP contribution is 2.16. The van der Waals surface area contributed by atoms with E-state index in [0.717, 1.165) is 25.0 Å². The smallest absolute Gasteiger partial charge is 0.225 e. The Bertz CT molecular complexity index is 312. The molecule has 0 bridgehead atoms. The molecule has 1 fully saturated rings. The second kappa shape index (κ2) is 4.91. The largest absolute Gasteiger partial charge is 0.347 e. The summed E-state index contributed by atoms with van der Waals surface area (Å²) < 4.78 is 0. The molecule has 0 aromatic carbocycles. The third kappa shape index (κ3) is 2.24. The average Bonchev–Trinajstić information content (AvgIpc) is 2.19. The Kier molecular flexibility index (Phi) is 4.02. The summed E-state index contributed by atoms with van der Waals surface area (Å²) in [5.41, 5.74) is 0. The van der Waals surface area contributed by atoms with Gasteiger partial charge in [-0.05, 0) is 13.3 Å². The highest BCUT2D eigenvalue weighted by Gasteiger charge is 2.29. The van der Waals surface area contributed by atoms with Crippen molar-refractivity contribution in [1.82, 2.24) is 14.7 Å². The van der Waals surface area contributed by atoms with E-state index in [1.54, 1.807) is 0 Å². The van der Waals surface area contributed by atoms with Gasteiger partial charge in [0.25, 0.3) is 0 Å². The van der Waals surface area contributed by atoms with Crippen LogP contribution < -0.4 is 0 Å². The molecule has 2 rings (SSSR count). The van der Waals surface area contributed by atoms with Crippen LogP contribution in [0, 0.1) is 0 Å². The quantitative estimate of drug-likeness (QED) is 0.630. The third-order valence-electron chi connectivity index (χ3n) is 2.84. The molecule has 0 aromatic rings. The van der Waals surface area contributed by atoms with Gasteiger partial charge in [0, 0.05) is 34.2 Å². The second-order valence-electron chi connectivity index (χ2n) is 4.34. The first-order valence-electron chi connectivity index (χ1n) is 5.41. The van der Waals surface area contributed by atoms with E-state index in [-0.39, 0.29) is 18.6 Å².